The Labute approximate surface area is 224 Å². The van der Waals surface area contributed by atoms with Crippen LogP contribution in [-0.2, 0) is 0 Å². The first-order valence-electron chi connectivity index (χ1n) is 12.3. The standard InChI is InChI=1S/C27H21FN8O2S/c1-12(37)18-4-5-19(39-18)16-6-7-30-25-22(16)33-26(34-25)23-20-21(28)17(11-31-24(20)36-35-23)14-8-15(10-29-9-14)32-27(38)13-2-3-13/h4-11,13,27,32,38H,2-3H2,1H3,(H,30,33,34)(H,31,35,36). The summed E-state index contributed by atoms with van der Waals surface area (Å²) in [6, 6.07) is 7.26. The topological polar surface area (TPSA) is 145 Å². The van der Waals surface area contributed by atoms with Gasteiger partial charge in [-0.3, -0.25) is 14.9 Å². The average Bonchev–Trinajstić information content (AvgIpc) is 3.32. The van der Waals surface area contributed by atoms with E-state index in [1.807, 2.05) is 12.1 Å². The number of anilines is 1. The number of thiophene rings is 1. The maximum atomic E-state index is 16.1. The number of nitrogens with one attached hydrogen (secondary N) is 3. The molecule has 0 saturated heterocycles. The van der Waals surface area contributed by atoms with Crippen molar-refractivity contribution >= 4 is 45.0 Å². The predicted octanol–water partition coefficient (Wildman–Crippen LogP) is 5.17. The van der Waals surface area contributed by atoms with Crippen LogP contribution < -0.4 is 5.32 Å². The van der Waals surface area contributed by atoms with Crippen molar-refractivity contribution in [3.05, 3.63) is 59.7 Å². The number of imidazole rings is 1. The Morgan fingerprint density at radius 3 is 2.82 bits per heavy atom. The fourth-order valence-electron chi connectivity index (χ4n) is 4.60. The second-order valence-electron chi connectivity index (χ2n) is 9.53. The molecule has 0 spiro atoms. The summed E-state index contributed by atoms with van der Waals surface area (Å²) >= 11 is 1.39. The van der Waals surface area contributed by atoms with Crippen LogP contribution in [0.1, 0.15) is 29.4 Å². The lowest BCUT2D eigenvalue weighted by molar-refractivity contribution is 0.102. The number of nitrogens with zero attached hydrogens (tertiary/aromatic N) is 5. The quantitative estimate of drug-likeness (QED) is 0.160. The van der Waals surface area contributed by atoms with E-state index < -0.39 is 12.0 Å². The molecule has 10 nitrogen and oxygen atoms in total. The molecule has 6 aromatic rings. The molecule has 1 fully saturated rings. The summed E-state index contributed by atoms with van der Waals surface area (Å²) in [7, 11) is 0. The number of aliphatic hydroxyl groups excluding tert-OH is 1. The molecule has 12 heteroatoms. The smallest absolute Gasteiger partial charge is 0.184 e. The number of carbonyl (C=O) groups is 1. The van der Waals surface area contributed by atoms with Crippen molar-refractivity contribution in [2.45, 2.75) is 26.0 Å². The van der Waals surface area contributed by atoms with Crippen molar-refractivity contribution in [2.75, 3.05) is 5.32 Å². The average molecular weight is 541 g/mol. The predicted molar refractivity (Wildman–Crippen MR) is 146 cm³/mol. The van der Waals surface area contributed by atoms with E-state index in [-0.39, 0.29) is 28.3 Å². The highest BCUT2D eigenvalue weighted by atomic mass is 32.1. The molecule has 1 unspecified atom stereocenters. The van der Waals surface area contributed by atoms with Gasteiger partial charge in [0.25, 0.3) is 0 Å². The van der Waals surface area contributed by atoms with Crippen LogP contribution >= 0.6 is 11.3 Å². The largest absolute Gasteiger partial charge is 0.374 e. The number of halogens is 1. The zero-order valence-corrected chi connectivity index (χ0v) is 21.4. The summed E-state index contributed by atoms with van der Waals surface area (Å²) in [6.07, 6.45) is 7.50. The van der Waals surface area contributed by atoms with Crippen LogP contribution in [0, 0.1) is 11.7 Å². The number of aromatic nitrogens is 7. The zero-order chi connectivity index (χ0) is 26.7. The third kappa shape index (κ3) is 4.14. The number of aromatic amines is 2. The Bertz CT molecular complexity index is 1890. The molecule has 0 bridgehead atoms. The van der Waals surface area contributed by atoms with Gasteiger partial charge in [0, 0.05) is 46.1 Å². The molecule has 1 aliphatic carbocycles. The first-order valence-corrected chi connectivity index (χ1v) is 13.2. The Kier molecular flexibility index (Phi) is 5.46. The summed E-state index contributed by atoms with van der Waals surface area (Å²) in [5, 5.41) is 20.5. The lowest BCUT2D eigenvalue weighted by Crippen LogP contribution is -2.20. The van der Waals surface area contributed by atoms with Crippen LogP contribution in [0.5, 0.6) is 0 Å². The van der Waals surface area contributed by atoms with Gasteiger partial charge in [-0.2, -0.15) is 5.10 Å². The van der Waals surface area contributed by atoms with Crippen molar-refractivity contribution in [2.24, 2.45) is 5.92 Å². The molecule has 0 radical (unpaired) electrons. The number of Topliss-reactive ketones (excluding diaryl/α,β-unsaturated/α-hetero) is 1. The van der Waals surface area contributed by atoms with E-state index in [4.69, 9.17) is 0 Å². The SMILES string of the molecule is CC(=O)c1ccc(-c2ccnc3nc(-c4[nH]nc5ncc(-c6cncc(NC(O)C7CC7)c6)c(F)c45)[nH]c23)s1. The summed E-state index contributed by atoms with van der Waals surface area (Å²) in [5.41, 5.74) is 3.83. The van der Waals surface area contributed by atoms with E-state index in [0.29, 0.717) is 38.8 Å². The molecular formula is C27H21FN8O2S. The van der Waals surface area contributed by atoms with Gasteiger partial charge in [-0.05, 0) is 44.0 Å². The number of hydrogen-bond acceptors (Lipinski definition) is 9. The molecule has 1 atom stereocenters. The van der Waals surface area contributed by atoms with Crippen molar-refractivity contribution < 1.29 is 14.3 Å². The van der Waals surface area contributed by atoms with Gasteiger partial charge in [0.2, 0.25) is 0 Å². The summed E-state index contributed by atoms with van der Waals surface area (Å²) < 4.78 is 16.1. The number of H-pyrrole nitrogens is 2. The second kappa shape index (κ2) is 9.03. The number of rotatable bonds is 7. The maximum absolute atomic E-state index is 16.1. The van der Waals surface area contributed by atoms with E-state index in [0.717, 1.165) is 23.3 Å². The number of pyridine rings is 3. The highest BCUT2D eigenvalue weighted by Crippen LogP contribution is 2.37. The van der Waals surface area contributed by atoms with Gasteiger partial charge >= 0.3 is 0 Å². The normalized spacial score (nSPS) is 14.2. The Hall–Kier alpha value is -4.55. The minimum atomic E-state index is -0.664. The van der Waals surface area contributed by atoms with Crippen LogP contribution in [0.25, 0.3) is 55.3 Å². The summed E-state index contributed by atoms with van der Waals surface area (Å²) in [5.74, 6) is 0.0602. The monoisotopic (exact) mass is 540 g/mol. The van der Waals surface area contributed by atoms with Gasteiger partial charge in [0.15, 0.2) is 22.9 Å². The Morgan fingerprint density at radius 2 is 2.03 bits per heavy atom. The Balaban J connectivity index is 1.30. The van der Waals surface area contributed by atoms with Crippen LogP contribution in [0.3, 0.4) is 0 Å². The molecule has 6 aromatic heterocycles. The molecule has 0 aliphatic heterocycles. The fourth-order valence-corrected chi connectivity index (χ4v) is 5.53. The minimum absolute atomic E-state index is 0.000156. The van der Waals surface area contributed by atoms with Crippen molar-refractivity contribution in [1.29, 1.82) is 0 Å². The van der Waals surface area contributed by atoms with Crippen LogP contribution in [-0.4, -0.2) is 52.2 Å². The van der Waals surface area contributed by atoms with E-state index >= 15 is 4.39 Å². The summed E-state index contributed by atoms with van der Waals surface area (Å²) in [6.45, 7) is 1.53. The maximum Gasteiger partial charge on any atom is 0.184 e. The highest BCUT2D eigenvalue weighted by Gasteiger charge is 2.30. The van der Waals surface area contributed by atoms with Gasteiger partial charge in [-0.25, -0.2) is 19.3 Å². The second-order valence-corrected chi connectivity index (χ2v) is 10.6. The van der Waals surface area contributed by atoms with Crippen LogP contribution in [0.15, 0.2) is 49.1 Å². The van der Waals surface area contributed by atoms with Crippen LogP contribution in [0.2, 0.25) is 0 Å². The third-order valence-corrected chi connectivity index (χ3v) is 8.02. The Morgan fingerprint density at radius 1 is 1.15 bits per heavy atom. The van der Waals surface area contributed by atoms with Gasteiger partial charge in [-0.1, -0.05) is 0 Å². The lowest BCUT2D eigenvalue weighted by Gasteiger charge is -2.13. The van der Waals surface area contributed by atoms with Gasteiger partial charge < -0.3 is 15.4 Å². The lowest BCUT2D eigenvalue weighted by atomic mass is 10.1. The summed E-state index contributed by atoms with van der Waals surface area (Å²) in [4.78, 5) is 34.2. The van der Waals surface area contributed by atoms with Gasteiger partial charge in [0.05, 0.1) is 27.7 Å². The van der Waals surface area contributed by atoms with Gasteiger partial charge in [-0.15, -0.1) is 11.3 Å². The van der Waals surface area contributed by atoms with Crippen molar-refractivity contribution in [3.63, 3.8) is 0 Å². The molecule has 39 heavy (non-hydrogen) atoms. The highest BCUT2D eigenvalue weighted by molar-refractivity contribution is 7.17. The zero-order valence-electron chi connectivity index (χ0n) is 20.6. The number of fused-ring (bicyclic) bond motifs is 2. The first kappa shape index (κ1) is 23.6. The number of ketones is 1. The molecule has 0 aromatic carbocycles. The third-order valence-electron chi connectivity index (χ3n) is 6.80. The minimum Gasteiger partial charge on any atom is -0.374 e. The molecule has 0 amide bonds. The fraction of sp³-hybridized carbons (Fsp3) is 0.185. The molecule has 1 aliphatic rings. The van der Waals surface area contributed by atoms with Gasteiger partial charge in [0.1, 0.15) is 17.7 Å². The number of carbonyl (C=O) groups excluding carboxylic acids is 1. The molecule has 4 N–H and O–H groups in total. The van der Waals surface area contributed by atoms with Crippen molar-refractivity contribution in [3.8, 4) is 33.1 Å². The van der Waals surface area contributed by atoms with Crippen molar-refractivity contribution in [1.82, 2.24) is 35.1 Å². The molecular weight excluding hydrogens is 519 g/mol. The molecule has 6 heterocycles. The molecule has 1 saturated carbocycles. The molecule has 194 valence electrons. The van der Waals surface area contributed by atoms with E-state index in [2.05, 4.69) is 40.4 Å². The van der Waals surface area contributed by atoms with E-state index in [9.17, 15) is 9.90 Å². The van der Waals surface area contributed by atoms with E-state index in [1.54, 1.807) is 30.7 Å². The van der Waals surface area contributed by atoms with Crippen LogP contribution in [0.4, 0.5) is 10.1 Å². The number of aliphatic hydroxyl groups is 1. The number of hydrogen-bond donors (Lipinski definition) is 4. The van der Waals surface area contributed by atoms with E-state index in [1.165, 1.54) is 24.5 Å². The molecule has 7 rings (SSSR count). The first-order chi connectivity index (χ1) is 19.0.